The van der Waals surface area contributed by atoms with Gasteiger partial charge in [-0.15, -0.1) is 11.8 Å². The predicted molar refractivity (Wildman–Crippen MR) is 86.0 cm³/mol. The van der Waals surface area contributed by atoms with Crippen LogP contribution in [0.5, 0.6) is 0 Å². The van der Waals surface area contributed by atoms with Crippen LogP contribution >= 0.6 is 35.0 Å². The lowest BCUT2D eigenvalue weighted by atomic mass is 10.4. The number of benzene rings is 1. The van der Waals surface area contributed by atoms with E-state index in [1.165, 1.54) is 11.8 Å². The monoisotopic (exact) mass is 346 g/mol. The van der Waals surface area contributed by atoms with Gasteiger partial charge in [-0.05, 0) is 31.0 Å². The summed E-state index contributed by atoms with van der Waals surface area (Å²) in [5, 5.41) is 3.77. The van der Waals surface area contributed by atoms with Gasteiger partial charge in [-0.3, -0.25) is 9.59 Å². The minimum absolute atomic E-state index is 0.0216. The van der Waals surface area contributed by atoms with E-state index < -0.39 is 0 Å². The van der Waals surface area contributed by atoms with Crippen LogP contribution in [-0.2, 0) is 9.59 Å². The highest BCUT2D eigenvalue weighted by atomic mass is 35.5. The van der Waals surface area contributed by atoms with Crippen molar-refractivity contribution in [3.63, 3.8) is 0 Å². The Hall–Kier alpha value is -0.910. The summed E-state index contributed by atoms with van der Waals surface area (Å²) in [5.41, 5.74) is 0. The third-order valence-electron chi connectivity index (χ3n) is 3.15. The SMILES string of the molecule is O=C(CSc1cc(Cl)ccc1Cl)NCC(=O)N1CCCC1. The number of likely N-dealkylation sites (tertiary alicyclic amines) is 1. The van der Waals surface area contributed by atoms with Gasteiger partial charge >= 0.3 is 0 Å². The third kappa shape index (κ3) is 5.09. The smallest absolute Gasteiger partial charge is 0.241 e. The lowest BCUT2D eigenvalue weighted by Crippen LogP contribution is -2.39. The van der Waals surface area contributed by atoms with Gasteiger partial charge in [-0.1, -0.05) is 23.2 Å². The van der Waals surface area contributed by atoms with E-state index in [2.05, 4.69) is 5.32 Å². The fraction of sp³-hybridized carbons (Fsp3) is 0.429. The number of carbonyl (C=O) groups excluding carboxylic acids is 2. The number of rotatable bonds is 5. The summed E-state index contributed by atoms with van der Waals surface area (Å²) in [4.78, 5) is 26.1. The molecule has 0 unspecified atom stereocenters. The van der Waals surface area contributed by atoms with Crippen LogP contribution in [0.25, 0.3) is 0 Å². The largest absolute Gasteiger partial charge is 0.346 e. The van der Waals surface area contributed by atoms with Crippen molar-refractivity contribution in [1.82, 2.24) is 10.2 Å². The van der Waals surface area contributed by atoms with Crippen molar-refractivity contribution in [2.24, 2.45) is 0 Å². The second-order valence-electron chi connectivity index (χ2n) is 4.73. The van der Waals surface area contributed by atoms with Crippen LogP contribution in [0.2, 0.25) is 10.0 Å². The lowest BCUT2D eigenvalue weighted by molar-refractivity contribution is -0.131. The van der Waals surface area contributed by atoms with Gasteiger partial charge in [0.2, 0.25) is 11.8 Å². The van der Waals surface area contributed by atoms with Crippen LogP contribution in [0.3, 0.4) is 0 Å². The average molecular weight is 347 g/mol. The van der Waals surface area contributed by atoms with E-state index in [0.29, 0.717) is 10.0 Å². The zero-order valence-corrected chi connectivity index (χ0v) is 13.7. The van der Waals surface area contributed by atoms with Gasteiger partial charge in [0.1, 0.15) is 0 Å². The Morgan fingerprint density at radius 1 is 1.24 bits per heavy atom. The molecule has 1 aliphatic heterocycles. The first kappa shape index (κ1) is 16.5. The van der Waals surface area contributed by atoms with Crippen molar-refractivity contribution < 1.29 is 9.59 Å². The van der Waals surface area contributed by atoms with Crippen molar-refractivity contribution >= 4 is 46.8 Å². The second kappa shape index (κ2) is 7.92. The Balaban J connectivity index is 1.74. The van der Waals surface area contributed by atoms with Gasteiger partial charge in [0, 0.05) is 23.0 Å². The van der Waals surface area contributed by atoms with Gasteiger partial charge in [0.05, 0.1) is 17.3 Å². The Labute approximate surface area is 138 Å². The quantitative estimate of drug-likeness (QED) is 0.834. The van der Waals surface area contributed by atoms with E-state index in [0.717, 1.165) is 30.8 Å². The fourth-order valence-corrected chi connectivity index (χ4v) is 3.36. The van der Waals surface area contributed by atoms with E-state index in [1.807, 2.05) is 0 Å². The fourth-order valence-electron chi connectivity index (χ4n) is 2.03. The van der Waals surface area contributed by atoms with Gasteiger partial charge in [0.25, 0.3) is 0 Å². The molecule has 0 spiro atoms. The van der Waals surface area contributed by atoms with Crippen molar-refractivity contribution in [2.75, 3.05) is 25.4 Å². The van der Waals surface area contributed by atoms with Gasteiger partial charge in [-0.2, -0.15) is 0 Å². The number of hydrogen-bond acceptors (Lipinski definition) is 3. The van der Waals surface area contributed by atoms with Crippen molar-refractivity contribution in [3.05, 3.63) is 28.2 Å². The normalized spacial score (nSPS) is 14.3. The van der Waals surface area contributed by atoms with E-state index in [4.69, 9.17) is 23.2 Å². The molecule has 1 heterocycles. The van der Waals surface area contributed by atoms with Gasteiger partial charge < -0.3 is 10.2 Å². The van der Waals surface area contributed by atoms with Crippen LogP contribution in [-0.4, -0.2) is 42.1 Å². The van der Waals surface area contributed by atoms with Gasteiger partial charge in [0.15, 0.2) is 0 Å². The average Bonchev–Trinajstić information content (AvgIpc) is 3.00. The Morgan fingerprint density at radius 3 is 2.67 bits per heavy atom. The molecule has 2 amide bonds. The van der Waals surface area contributed by atoms with E-state index in [1.54, 1.807) is 23.1 Å². The van der Waals surface area contributed by atoms with Crippen molar-refractivity contribution in [2.45, 2.75) is 17.7 Å². The van der Waals surface area contributed by atoms with Gasteiger partial charge in [-0.25, -0.2) is 0 Å². The maximum absolute atomic E-state index is 11.8. The molecule has 2 rings (SSSR count). The third-order valence-corrected chi connectivity index (χ3v) is 4.88. The Morgan fingerprint density at radius 2 is 1.95 bits per heavy atom. The first-order valence-corrected chi connectivity index (χ1v) is 8.43. The molecule has 0 aliphatic carbocycles. The minimum atomic E-state index is -0.191. The molecule has 1 N–H and O–H groups in total. The first-order chi connectivity index (χ1) is 10.1. The molecule has 21 heavy (non-hydrogen) atoms. The summed E-state index contributed by atoms with van der Waals surface area (Å²) in [6.45, 7) is 1.64. The lowest BCUT2D eigenvalue weighted by Gasteiger charge is -2.15. The molecule has 1 fully saturated rings. The van der Waals surface area contributed by atoms with Crippen LogP contribution < -0.4 is 5.32 Å². The maximum Gasteiger partial charge on any atom is 0.241 e. The van der Waals surface area contributed by atoms with Crippen LogP contribution in [0.1, 0.15) is 12.8 Å². The molecule has 0 aromatic heterocycles. The second-order valence-corrected chi connectivity index (χ2v) is 6.59. The van der Waals surface area contributed by atoms with Crippen molar-refractivity contribution in [1.29, 1.82) is 0 Å². The molecule has 0 radical (unpaired) electrons. The van der Waals surface area contributed by atoms with E-state index in [9.17, 15) is 9.59 Å². The highest BCUT2D eigenvalue weighted by Crippen LogP contribution is 2.29. The first-order valence-electron chi connectivity index (χ1n) is 6.68. The molecular weight excluding hydrogens is 331 g/mol. The number of carbonyl (C=O) groups is 2. The Bertz CT molecular complexity index is 534. The molecule has 7 heteroatoms. The van der Waals surface area contributed by atoms with E-state index in [-0.39, 0.29) is 24.1 Å². The maximum atomic E-state index is 11.8. The highest BCUT2D eigenvalue weighted by Gasteiger charge is 2.18. The molecule has 4 nitrogen and oxygen atoms in total. The highest BCUT2D eigenvalue weighted by molar-refractivity contribution is 8.00. The summed E-state index contributed by atoms with van der Waals surface area (Å²) < 4.78 is 0. The topological polar surface area (TPSA) is 49.4 Å². The summed E-state index contributed by atoms with van der Waals surface area (Å²) in [5.74, 6) is -0.0110. The molecule has 0 bridgehead atoms. The number of thioether (sulfide) groups is 1. The Kier molecular flexibility index (Phi) is 6.21. The van der Waals surface area contributed by atoms with Crippen LogP contribution in [0.15, 0.2) is 23.1 Å². The summed E-state index contributed by atoms with van der Waals surface area (Å²) in [7, 11) is 0. The van der Waals surface area contributed by atoms with Crippen LogP contribution in [0, 0.1) is 0 Å². The zero-order chi connectivity index (χ0) is 15.2. The predicted octanol–water partition coefficient (Wildman–Crippen LogP) is 2.82. The minimum Gasteiger partial charge on any atom is -0.346 e. The van der Waals surface area contributed by atoms with Crippen molar-refractivity contribution in [3.8, 4) is 0 Å². The molecule has 0 saturated carbocycles. The summed E-state index contributed by atoms with van der Waals surface area (Å²) >= 11 is 13.2. The molecular formula is C14H16Cl2N2O2S. The standard InChI is InChI=1S/C14H16Cl2N2O2S/c15-10-3-4-11(16)12(7-10)21-9-13(19)17-8-14(20)18-5-1-2-6-18/h3-4,7H,1-2,5-6,8-9H2,(H,17,19). The number of amides is 2. The molecule has 1 saturated heterocycles. The van der Waals surface area contributed by atoms with E-state index >= 15 is 0 Å². The summed E-state index contributed by atoms with van der Waals surface area (Å²) in [6, 6.07) is 5.11. The number of hydrogen-bond donors (Lipinski definition) is 1. The molecule has 114 valence electrons. The zero-order valence-electron chi connectivity index (χ0n) is 11.4. The number of nitrogens with zero attached hydrogens (tertiary/aromatic N) is 1. The number of halogens is 2. The van der Waals surface area contributed by atoms with Crippen LogP contribution in [0.4, 0.5) is 0 Å². The number of nitrogens with one attached hydrogen (secondary N) is 1. The molecule has 0 atom stereocenters. The molecule has 1 aromatic rings. The molecule has 1 aromatic carbocycles. The molecule has 1 aliphatic rings. The summed E-state index contributed by atoms with van der Waals surface area (Å²) in [6.07, 6.45) is 2.09.